The van der Waals surface area contributed by atoms with Gasteiger partial charge in [-0.1, -0.05) is 6.92 Å². The Morgan fingerprint density at radius 1 is 1.78 bits per heavy atom. The Labute approximate surface area is 55.0 Å². The van der Waals surface area contributed by atoms with Gasteiger partial charge in [-0.3, -0.25) is 0 Å². The van der Waals surface area contributed by atoms with Gasteiger partial charge in [0.05, 0.1) is 6.54 Å². The zero-order valence-corrected chi connectivity index (χ0v) is 5.63. The van der Waals surface area contributed by atoms with Crippen LogP contribution in [0.15, 0.2) is 4.99 Å². The molecule has 0 aromatic heterocycles. The van der Waals surface area contributed by atoms with Crippen molar-refractivity contribution in [3.8, 4) is 0 Å². The van der Waals surface area contributed by atoms with Crippen LogP contribution in [0.5, 0.6) is 0 Å². The van der Waals surface area contributed by atoms with E-state index in [2.05, 4.69) is 11.9 Å². The van der Waals surface area contributed by atoms with E-state index >= 15 is 0 Å². The average molecular weight is 125 g/mol. The van der Waals surface area contributed by atoms with E-state index in [0.29, 0.717) is 6.54 Å². The quantitative estimate of drug-likeness (QED) is 0.413. The molecule has 2 nitrogen and oxygen atoms in total. The monoisotopic (exact) mass is 125 g/mol. The van der Waals surface area contributed by atoms with Crippen molar-refractivity contribution in [1.82, 2.24) is 0 Å². The van der Waals surface area contributed by atoms with E-state index < -0.39 is 0 Å². The second-order valence-corrected chi connectivity index (χ2v) is 2.73. The van der Waals surface area contributed by atoms with Gasteiger partial charge in [0.15, 0.2) is 0 Å². The van der Waals surface area contributed by atoms with E-state index in [4.69, 9.17) is 0 Å². The fraction of sp³-hybridized carbons (Fsp3) is 0.857. The van der Waals surface area contributed by atoms with Crippen LogP contribution in [0.1, 0.15) is 19.8 Å². The van der Waals surface area contributed by atoms with E-state index in [-0.39, 0.29) is 0 Å². The number of carbonyl (C=O) groups excluding carboxylic acids is 1. The number of rotatable bonds is 3. The van der Waals surface area contributed by atoms with Crippen LogP contribution in [0.4, 0.5) is 0 Å². The van der Waals surface area contributed by atoms with Gasteiger partial charge < -0.3 is 0 Å². The molecule has 0 aromatic rings. The van der Waals surface area contributed by atoms with Crippen LogP contribution >= 0.6 is 0 Å². The molecule has 1 rings (SSSR count). The molecule has 0 radical (unpaired) electrons. The van der Waals surface area contributed by atoms with Crippen molar-refractivity contribution >= 4 is 6.08 Å². The highest BCUT2D eigenvalue weighted by Gasteiger charge is 2.31. The Morgan fingerprint density at radius 3 is 2.89 bits per heavy atom. The van der Waals surface area contributed by atoms with Crippen LogP contribution in [0.2, 0.25) is 0 Å². The second-order valence-electron chi connectivity index (χ2n) is 2.73. The van der Waals surface area contributed by atoms with E-state index in [9.17, 15) is 4.79 Å². The van der Waals surface area contributed by atoms with E-state index in [1.807, 2.05) is 0 Å². The van der Waals surface area contributed by atoms with E-state index in [0.717, 1.165) is 18.3 Å². The van der Waals surface area contributed by atoms with Crippen molar-refractivity contribution < 1.29 is 4.79 Å². The molecule has 0 aliphatic heterocycles. The van der Waals surface area contributed by atoms with Gasteiger partial charge in [0.2, 0.25) is 6.08 Å². The minimum atomic E-state index is 0.679. The summed E-state index contributed by atoms with van der Waals surface area (Å²) >= 11 is 0. The number of isocyanates is 1. The fourth-order valence-corrected chi connectivity index (χ4v) is 1.08. The lowest BCUT2D eigenvalue weighted by atomic mass is 10.2. The Kier molecular flexibility index (Phi) is 2.01. The molecule has 0 aromatic carbocycles. The predicted molar refractivity (Wildman–Crippen MR) is 34.9 cm³/mol. The summed E-state index contributed by atoms with van der Waals surface area (Å²) < 4.78 is 0. The number of nitrogens with zero attached hydrogens (tertiary/aromatic N) is 1. The Hall–Kier alpha value is -0.620. The van der Waals surface area contributed by atoms with E-state index in [1.54, 1.807) is 6.08 Å². The molecule has 9 heavy (non-hydrogen) atoms. The van der Waals surface area contributed by atoms with Crippen LogP contribution in [0, 0.1) is 11.8 Å². The van der Waals surface area contributed by atoms with Crippen molar-refractivity contribution in [3.05, 3.63) is 0 Å². The number of hydrogen-bond donors (Lipinski definition) is 0. The van der Waals surface area contributed by atoms with Crippen molar-refractivity contribution in [2.24, 2.45) is 16.8 Å². The van der Waals surface area contributed by atoms with Gasteiger partial charge >= 0.3 is 0 Å². The van der Waals surface area contributed by atoms with E-state index in [1.165, 1.54) is 6.42 Å². The van der Waals surface area contributed by atoms with Gasteiger partial charge in [-0.25, -0.2) is 9.79 Å². The summed E-state index contributed by atoms with van der Waals surface area (Å²) in [4.78, 5) is 13.1. The summed E-state index contributed by atoms with van der Waals surface area (Å²) in [6.45, 7) is 2.91. The Morgan fingerprint density at radius 2 is 2.44 bits per heavy atom. The van der Waals surface area contributed by atoms with Crippen molar-refractivity contribution in [2.75, 3.05) is 6.54 Å². The van der Waals surface area contributed by atoms with Crippen LogP contribution in [0.25, 0.3) is 0 Å². The first-order valence-corrected chi connectivity index (χ1v) is 3.38. The third-order valence-electron chi connectivity index (χ3n) is 1.95. The molecule has 2 atom stereocenters. The van der Waals surface area contributed by atoms with Crippen molar-refractivity contribution in [3.63, 3.8) is 0 Å². The van der Waals surface area contributed by atoms with Crippen molar-refractivity contribution in [1.29, 1.82) is 0 Å². The van der Waals surface area contributed by atoms with Crippen molar-refractivity contribution in [2.45, 2.75) is 19.8 Å². The molecule has 1 aliphatic carbocycles. The zero-order valence-electron chi connectivity index (χ0n) is 5.63. The summed E-state index contributed by atoms with van der Waals surface area (Å²) in [5.41, 5.74) is 0. The third kappa shape index (κ3) is 1.98. The molecule has 0 N–H and O–H groups in total. The molecule has 0 heterocycles. The fourth-order valence-electron chi connectivity index (χ4n) is 1.08. The molecule has 1 aliphatic rings. The minimum Gasteiger partial charge on any atom is -0.211 e. The van der Waals surface area contributed by atoms with Crippen LogP contribution < -0.4 is 0 Å². The minimum absolute atomic E-state index is 0.679. The largest absolute Gasteiger partial charge is 0.234 e. The second kappa shape index (κ2) is 2.79. The van der Waals surface area contributed by atoms with Gasteiger partial charge in [-0.2, -0.15) is 0 Å². The predicted octanol–water partition coefficient (Wildman–Crippen LogP) is 1.37. The SMILES string of the molecule is CC1CC1CCN=C=O. The summed E-state index contributed by atoms with van der Waals surface area (Å²) in [5, 5.41) is 0. The van der Waals surface area contributed by atoms with Gasteiger partial charge in [0.25, 0.3) is 0 Å². The topological polar surface area (TPSA) is 29.4 Å². The summed E-state index contributed by atoms with van der Waals surface area (Å²) in [7, 11) is 0. The number of aliphatic imine (C=N–C) groups is 1. The highest BCUT2D eigenvalue weighted by atomic mass is 16.1. The highest BCUT2D eigenvalue weighted by molar-refractivity contribution is 5.32. The van der Waals surface area contributed by atoms with Gasteiger partial charge in [0.1, 0.15) is 0 Å². The first kappa shape index (κ1) is 6.50. The zero-order chi connectivity index (χ0) is 6.69. The lowest BCUT2D eigenvalue weighted by Gasteiger charge is -1.87. The summed E-state index contributed by atoms with van der Waals surface area (Å²) in [5.74, 6) is 1.73. The molecule has 50 valence electrons. The molecular formula is C7H11NO. The lowest BCUT2D eigenvalue weighted by Crippen LogP contribution is -1.83. The molecule has 1 saturated carbocycles. The normalized spacial score (nSPS) is 31.2. The Bertz CT molecular complexity index is 138. The molecule has 2 heteroatoms. The highest BCUT2D eigenvalue weighted by Crippen LogP contribution is 2.40. The van der Waals surface area contributed by atoms with Gasteiger partial charge in [-0.15, -0.1) is 0 Å². The molecular weight excluding hydrogens is 114 g/mol. The van der Waals surface area contributed by atoms with Crippen LogP contribution in [-0.4, -0.2) is 12.6 Å². The maximum absolute atomic E-state index is 9.60. The molecule has 0 saturated heterocycles. The molecule has 1 fully saturated rings. The first-order chi connectivity index (χ1) is 4.34. The third-order valence-corrected chi connectivity index (χ3v) is 1.95. The molecule has 0 bridgehead atoms. The maximum Gasteiger partial charge on any atom is 0.234 e. The summed E-state index contributed by atoms with van der Waals surface area (Å²) in [6.07, 6.45) is 3.95. The lowest BCUT2D eigenvalue weighted by molar-refractivity contribution is 0.561. The standard InChI is InChI=1S/C7H11NO/c1-6-4-7(6)2-3-8-5-9/h6-7H,2-4H2,1H3. The number of hydrogen-bond acceptors (Lipinski definition) is 2. The molecule has 0 amide bonds. The first-order valence-electron chi connectivity index (χ1n) is 3.38. The van der Waals surface area contributed by atoms with Crippen LogP contribution in [-0.2, 0) is 4.79 Å². The average Bonchev–Trinajstić information content (AvgIpc) is 2.48. The molecule has 2 unspecified atom stereocenters. The van der Waals surface area contributed by atoms with Gasteiger partial charge in [-0.05, 0) is 24.7 Å². The summed E-state index contributed by atoms with van der Waals surface area (Å²) in [6, 6.07) is 0. The molecule has 0 spiro atoms. The maximum atomic E-state index is 9.60. The Balaban J connectivity index is 2.00. The van der Waals surface area contributed by atoms with Gasteiger partial charge in [0, 0.05) is 0 Å². The smallest absolute Gasteiger partial charge is 0.211 e. The van der Waals surface area contributed by atoms with Crippen LogP contribution in [0.3, 0.4) is 0 Å².